The van der Waals surface area contributed by atoms with Crippen molar-refractivity contribution in [2.75, 3.05) is 21.3 Å². The van der Waals surface area contributed by atoms with Gasteiger partial charge in [0.1, 0.15) is 17.8 Å². The first-order valence-electron chi connectivity index (χ1n) is 7.89. The summed E-state index contributed by atoms with van der Waals surface area (Å²) in [5.74, 6) is 1.90. The van der Waals surface area contributed by atoms with Crippen LogP contribution in [-0.2, 0) is 0 Å². The SMILES string of the molecule is COc1ccccc1C(c1ccccc1OC)c1cncnc1OC. The third-order valence-corrected chi connectivity index (χ3v) is 4.11. The van der Waals surface area contributed by atoms with Gasteiger partial charge in [0.05, 0.1) is 21.3 Å². The largest absolute Gasteiger partial charge is 0.496 e. The molecule has 5 heteroatoms. The molecule has 1 aromatic heterocycles. The summed E-state index contributed by atoms with van der Waals surface area (Å²) >= 11 is 0. The third kappa shape index (κ3) is 3.26. The molecule has 128 valence electrons. The van der Waals surface area contributed by atoms with Gasteiger partial charge < -0.3 is 14.2 Å². The molecule has 0 aliphatic heterocycles. The molecule has 0 unspecified atom stereocenters. The number of aromatic nitrogens is 2. The van der Waals surface area contributed by atoms with E-state index in [2.05, 4.69) is 9.97 Å². The number of hydrogen-bond donors (Lipinski definition) is 0. The molecule has 0 amide bonds. The number of para-hydroxylation sites is 2. The molecule has 0 aliphatic rings. The van der Waals surface area contributed by atoms with E-state index in [1.54, 1.807) is 27.5 Å². The maximum absolute atomic E-state index is 5.59. The summed E-state index contributed by atoms with van der Waals surface area (Å²) in [6.45, 7) is 0. The van der Waals surface area contributed by atoms with E-state index in [-0.39, 0.29) is 5.92 Å². The van der Waals surface area contributed by atoms with Gasteiger partial charge in [-0.15, -0.1) is 0 Å². The van der Waals surface area contributed by atoms with Crippen molar-refractivity contribution in [3.63, 3.8) is 0 Å². The predicted octanol–water partition coefficient (Wildman–Crippen LogP) is 3.68. The number of nitrogens with zero attached hydrogens (tertiary/aromatic N) is 2. The highest BCUT2D eigenvalue weighted by Gasteiger charge is 2.27. The fraction of sp³-hybridized carbons (Fsp3) is 0.200. The fourth-order valence-corrected chi connectivity index (χ4v) is 3.01. The van der Waals surface area contributed by atoms with Gasteiger partial charge in [0.25, 0.3) is 0 Å². The Kier molecular flexibility index (Phi) is 5.14. The lowest BCUT2D eigenvalue weighted by Crippen LogP contribution is -2.10. The van der Waals surface area contributed by atoms with Crippen molar-refractivity contribution in [1.29, 1.82) is 0 Å². The number of methoxy groups -OCH3 is 3. The second-order valence-corrected chi connectivity index (χ2v) is 5.40. The molecule has 2 aromatic carbocycles. The normalized spacial score (nSPS) is 10.6. The molecule has 3 aromatic rings. The van der Waals surface area contributed by atoms with Gasteiger partial charge in [0.15, 0.2) is 0 Å². The van der Waals surface area contributed by atoms with Crippen molar-refractivity contribution >= 4 is 0 Å². The highest BCUT2D eigenvalue weighted by atomic mass is 16.5. The molecule has 25 heavy (non-hydrogen) atoms. The van der Waals surface area contributed by atoms with Gasteiger partial charge in [0.2, 0.25) is 5.88 Å². The lowest BCUT2D eigenvalue weighted by atomic mass is 9.85. The molecule has 5 nitrogen and oxygen atoms in total. The van der Waals surface area contributed by atoms with Crippen LogP contribution < -0.4 is 14.2 Å². The summed E-state index contributed by atoms with van der Waals surface area (Å²) in [5, 5.41) is 0. The molecule has 0 fully saturated rings. The van der Waals surface area contributed by atoms with Gasteiger partial charge in [-0.3, -0.25) is 0 Å². The second-order valence-electron chi connectivity index (χ2n) is 5.40. The van der Waals surface area contributed by atoms with Gasteiger partial charge in [-0.1, -0.05) is 36.4 Å². The molecule has 0 saturated heterocycles. The quantitative estimate of drug-likeness (QED) is 0.687. The molecule has 0 atom stereocenters. The Balaban J connectivity index is 2.29. The van der Waals surface area contributed by atoms with Crippen molar-refractivity contribution < 1.29 is 14.2 Å². The summed E-state index contributed by atoms with van der Waals surface area (Å²) in [4.78, 5) is 8.47. The van der Waals surface area contributed by atoms with Crippen LogP contribution in [0.3, 0.4) is 0 Å². The van der Waals surface area contributed by atoms with Gasteiger partial charge >= 0.3 is 0 Å². The van der Waals surface area contributed by atoms with E-state index in [4.69, 9.17) is 14.2 Å². The summed E-state index contributed by atoms with van der Waals surface area (Å²) in [6.07, 6.45) is 3.25. The molecule has 0 bridgehead atoms. The number of rotatable bonds is 6. The van der Waals surface area contributed by atoms with Crippen LogP contribution in [0.5, 0.6) is 17.4 Å². The molecular weight excluding hydrogens is 316 g/mol. The zero-order valence-electron chi connectivity index (χ0n) is 14.5. The predicted molar refractivity (Wildman–Crippen MR) is 95.5 cm³/mol. The molecule has 0 saturated carbocycles. The molecule has 0 aliphatic carbocycles. The van der Waals surface area contributed by atoms with E-state index in [0.29, 0.717) is 5.88 Å². The van der Waals surface area contributed by atoms with Gasteiger partial charge in [0, 0.05) is 28.8 Å². The average molecular weight is 336 g/mol. The van der Waals surface area contributed by atoms with Crippen LogP contribution in [0.4, 0.5) is 0 Å². The van der Waals surface area contributed by atoms with Crippen molar-refractivity contribution in [3.05, 3.63) is 77.7 Å². The van der Waals surface area contributed by atoms with Crippen LogP contribution in [-0.4, -0.2) is 31.3 Å². The van der Waals surface area contributed by atoms with Crippen molar-refractivity contribution in [2.45, 2.75) is 5.92 Å². The Hall–Kier alpha value is -3.08. The summed E-state index contributed by atoms with van der Waals surface area (Å²) in [7, 11) is 4.93. The van der Waals surface area contributed by atoms with Crippen molar-refractivity contribution in [1.82, 2.24) is 9.97 Å². The number of hydrogen-bond acceptors (Lipinski definition) is 5. The lowest BCUT2D eigenvalue weighted by Gasteiger charge is -2.23. The standard InChI is InChI=1S/C20H20N2O3/c1-23-17-10-6-4-8-14(17)19(15-9-5-7-11-18(15)24-2)16-12-21-13-22-20(16)25-3/h4-13,19H,1-3H3. The van der Waals surface area contributed by atoms with Gasteiger partial charge in [-0.05, 0) is 12.1 Å². The summed E-state index contributed by atoms with van der Waals surface area (Å²) in [5.41, 5.74) is 2.82. The van der Waals surface area contributed by atoms with E-state index >= 15 is 0 Å². The zero-order chi connectivity index (χ0) is 17.6. The highest BCUT2D eigenvalue weighted by Crippen LogP contribution is 2.42. The molecule has 0 N–H and O–H groups in total. The number of benzene rings is 2. The van der Waals surface area contributed by atoms with Gasteiger partial charge in [-0.2, -0.15) is 0 Å². The fourth-order valence-electron chi connectivity index (χ4n) is 3.01. The minimum Gasteiger partial charge on any atom is -0.496 e. The van der Waals surface area contributed by atoms with E-state index in [9.17, 15) is 0 Å². The maximum atomic E-state index is 5.59. The first kappa shape index (κ1) is 16.8. The molecule has 3 rings (SSSR count). The van der Waals surface area contributed by atoms with E-state index in [1.807, 2.05) is 48.5 Å². The second kappa shape index (κ2) is 7.66. The maximum Gasteiger partial charge on any atom is 0.220 e. The highest BCUT2D eigenvalue weighted by molar-refractivity contribution is 5.54. The monoisotopic (exact) mass is 336 g/mol. The minimum atomic E-state index is -0.191. The van der Waals surface area contributed by atoms with E-state index in [0.717, 1.165) is 28.2 Å². The van der Waals surface area contributed by atoms with Crippen LogP contribution >= 0.6 is 0 Å². The summed E-state index contributed by atoms with van der Waals surface area (Å²) in [6, 6.07) is 15.8. The smallest absolute Gasteiger partial charge is 0.220 e. The van der Waals surface area contributed by atoms with Crippen molar-refractivity contribution in [3.8, 4) is 17.4 Å². The van der Waals surface area contributed by atoms with E-state index in [1.165, 1.54) is 6.33 Å². The minimum absolute atomic E-state index is 0.191. The first-order valence-corrected chi connectivity index (χ1v) is 7.89. The first-order chi connectivity index (χ1) is 12.3. The Morgan fingerprint density at radius 3 is 1.80 bits per heavy atom. The Labute approximate surface area is 147 Å². The van der Waals surface area contributed by atoms with Crippen LogP contribution in [0, 0.1) is 0 Å². The van der Waals surface area contributed by atoms with Crippen LogP contribution in [0.15, 0.2) is 61.1 Å². The Bertz CT molecular complexity index is 739. The van der Waals surface area contributed by atoms with Crippen LogP contribution in [0.2, 0.25) is 0 Å². The molecule has 1 heterocycles. The zero-order valence-corrected chi connectivity index (χ0v) is 14.5. The Morgan fingerprint density at radius 1 is 0.720 bits per heavy atom. The summed E-state index contributed by atoms with van der Waals surface area (Å²) < 4.78 is 16.7. The number of ether oxygens (including phenoxy) is 3. The van der Waals surface area contributed by atoms with Crippen LogP contribution in [0.1, 0.15) is 22.6 Å². The van der Waals surface area contributed by atoms with E-state index < -0.39 is 0 Å². The molecule has 0 radical (unpaired) electrons. The van der Waals surface area contributed by atoms with Gasteiger partial charge in [-0.25, -0.2) is 9.97 Å². The third-order valence-electron chi connectivity index (χ3n) is 4.11. The lowest BCUT2D eigenvalue weighted by molar-refractivity contribution is 0.385. The topological polar surface area (TPSA) is 53.5 Å². The Morgan fingerprint density at radius 2 is 1.28 bits per heavy atom. The van der Waals surface area contributed by atoms with Crippen molar-refractivity contribution in [2.24, 2.45) is 0 Å². The van der Waals surface area contributed by atoms with Crippen LogP contribution in [0.25, 0.3) is 0 Å². The molecular formula is C20H20N2O3. The molecule has 0 spiro atoms. The average Bonchev–Trinajstić information content (AvgIpc) is 2.69.